The van der Waals surface area contributed by atoms with Crippen LogP contribution in [0.1, 0.15) is 60.1 Å². The van der Waals surface area contributed by atoms with E-state index in [1.54, 1.807) is 41.8 Å². The van der Waals surface area contributed by atoms with Gasteiger partial charge in [-0.25, -0.2) is 14.1 Å². The van der Waals surface area contributed by atoms with Gasteiger partial charge in [-0.3, -0.25) is 9.32 Å². The van der Waals surface area contributed by atoms with Crippen LogP contribution in [0.15, 0.2) is 48.8 Å². The molecule has 2 saturated heterocycles. The predicted molar refractivity (Wildman–Crippen MR) is 162 cm³/mol. The van der Waals surface area contributed by atoms with Gasteiger partial charge in [0.15, 0.2) is 11.6 Å². The van der Waals surface area contributed by atoms with Gasteiger partial charge < -0.3 is 29.2 Å². The summed E-state index contributed by atoms with van der Waals surface area (Å²) in [4.78, 5) is 16.9. The first-order valence-corrected chi connectivity index (χ1v) is 16.5. The Balaban J connectivity index is 1.37. The smallest absolute Gasteiger partial charge is 0.459 e. The monoisotopic (exact) mass is 631 g/mol. The number of nitrogens with two attached hydrogens (primary N) is 1. The summed E-state index contributed by atoms with van der Waals surface area (Å²) in [6.07, 6.45) is 1.25. The number of esters is 1. The number of carbonyl (C=O) groups excluding carboxylic acids is 1. The molecule has 0 bridgehead atoms. The van der Waals surface area contributed by atoms with Crippen molar-refractivity contribution in [3.05, 3.63) is 54.5 Å². The number of ether oxygens (including phenoxy) is 4. The molecule has 2 aromatic heterocycles. The minimum absolute atomic E-state index is 0.205. The zero-order valence-electron chi connectivity index (χ0n) is 26.0. The molecule has 2 aliphatic heterocycles. The van der Waals surface area contributed by atoms with Crippen molar-refractivity contribution in [2.24, 2.45) is 5.92 Å². The largest absolute Gasteiger partial charge is 0.464 e. The molecule has 1 unspecified atom stereocenters. The second kappa shape index (κ2) is 12.7. The molecule has 6 atom stereocenters. The van der Waals surface area contributed by atoms with Crippen molar-refractivity contribution in [3.8, 4) is 5.75 Å². The van der Waals surface area contributed by atoms with Crippen molar-refractivity contribution in [2.45, 2.75) is 90.1 Å². The topological polar surface area (TPSA) is 158 Å². The number of fused-ring (bicyclic) bond motifs is 2. The zero-order valence-corrected chi connectivity index (χ0v) is 26.9. The number of nitrogen functional groups attached to an aromatic ring is 1. The van der Waals surface area contributed by atoms with Crippen LogP contribution in [0.4, 0.5) is 5.82 Å². The van der Waals surface area contributed by atoms with E-state index in [0.29, 0.717) is 22.8 Å². The molecule has 3 aromatic rings. The Labute approximate surface area is 257 Å². The summed E-state index contributed by atoms with van der Waals surface area (Å²) in [7, 11) is -4.15. The van der Waals surface area contributed by atoms with Crippen LogP contribution in [0.5, 0.6) is 5.75 Å². The lowest BCUT2D eigenvalue weighted by Gasteiger charge is -2.31. The summed E-state index contributed by atoms with van der Waals surface area (Å²) in [6, 6.07) is 11.3. The maximum Gasteiger partial charge on any atom is 0.459 e. The van der Waals surface area contributed by atoms with Gasteiger partial charge in [0.05, 0.1) is 18.9 Å². The molecule has 240 valence electrons. The van der Waals surface area contributed by atoms with Crippen LogP contribution >= 0.6 is 7.75 Å². The van der Waals surface area contributed by atoms with Gasteiger partial charge >= 0.3 is 13.7 Å². The average Bonchev–Trinajstić information content (AvgIpc) is 3.64. The fourth-order valence-electron chi connectivity index (χ4n) is 5.62. The Morgan fingerprint density at radius 3 is 2.55 bits per heavy atom. The van der Waals surface area contributed by atoms with E-state index < -0.39 is 49.5 Å². The van der Waals surface area contributed by atoms with Gasteiger partial charge in [0, 0.05) is 0 Å². The third kappa shape index (κ3) is 6.63. The van der Waals surface area contributed by atoms with Crippen LogP contribution in [0.3, 0.4) is 0 Å². The summed E-state index contributed by atoms with van der Waals surface area (Å²) < 4.78 is 52.4. The fraction of sp³-hybridized carbons (Fsp3) is 0.567. The SMILES string of the molecule is CCC(CC)COC(=O)[C@H](C)NP(=O)(OC[C@H]1O[C@@](C)(c2ccc3c(N)ncnn23)[C@@H]2OC(C)(C)O[C@@H]21)Oc1ccccc1. The Hall–Kier alpha value is -3.06. The van der Waals surface area contributed by atoms with E-state index >= 15 is 0 Å². The number of benzene rings is 1. The number of hydrogen-bond acceptors (Lipinski definition) is 11. The summed E-state index contributed by atoms with van der Waals surface area (Å²) in [5.74, 6) is -0.608. The van der Waals surface area contributed by atoms with E-state index in [0.717, 1.165) is 12.8 Å². The van der Waals surface area contributed by atoms with Crippen molar-refractivity contribution in [2.75, 3.05) is 18.9 Å². The number of anilines is 1. The third-order valence-electron chi connectivity index (χ3n) is 8.12. The van der Waals surface area contributed by atoms with Crippen molar-refractivity contribution in [3.63, 3.8) is 0 Å². The van der Waals surface area contributed by atoms with E-state index in [2.05, 4.69) is 15.2 Å². The first-order valence-electron chi connectivity index (χ1n) is 14.9. The summed E-state index contributed by atoms with van der Waals surface area (Å²) >= 11 is 0. The van der Waals surface area contributed by atoms with Crippen LogP contribution in [-0.2, 0) is 38.4 Å². The number of nitrogens with one attached hydrogen (secondary N) is 1. The van der Waals surface area contributed by atoms with Crippen molar-refractivity contribution in [1.29, 1.82) is 0 Å². The molecule has 4 heterocycles. The first kappa shape index (κ1) is 32.3. The lowest BCUT2D eigenvalue weighted by atomic mass is 9.93. The van der Waals surface area contributed by atoms with Crippen LogP contribution in [0.25, 0.3) is 5.52 Å². The van der Waals surface area contributed by atoms with Gasteiger partial charge in [-0.15, -0.1) is 0 Å². The molecule has 14 heteroatoms. The van der Waals surface area contributed by atoms with Gasteiger partial charge in [-0.1, -0.05) is 44.9 Å². The van der Waals surface area contributed by atoms with Crippen molar-refractivity contribution >= 4 is 25.1 Å². The molecule has 0 saturated carbocycles. The summed E-state index contributed by atoms with van der Waals surface area (Å²) in [5.41, 5.74) is 6.33. The van der Waals surface area contributed by atoms with E-state index in [1.165, 1.54) is 6.33 Å². The van der Waals surface area contributed by atoms with Crippen LogP contribution in [0, 0.1) is 5.92 Å². The Morgan fingerprint density at radius 1 is 1.11 bits per heavy atom. The molecule has 44 heavy (non-hydrogen) atoms. The van der Waals surface area contributed by atoms with Crippen molar-refractivity contribution in [1.82, 2.24) is 19.7 Å². The van der Waals surface area contributed by atoms with Crippen LogP contribution < -0.4 is 15.3 Å². The number of rotatable bonds is 13. The second-order valence-corrected chi connectivity index (χ2v) is 13.5. The molecule has 0 spiro atoms. The summed E-state index contributed by atoms with van der Waals surface area (Å²) in [5, 5.41) is 7.14. The van der Waals surface area contributed by atoms with Gasteiger partial charge in [0.2, 0.25) is 0 Å². The fourth-order valence-corrected chi connectivity index (χ4v) is 7.12. The van der Waals surface area contributed by atoms with Gasteiger partial charge in [-0.2, -0.15) is 10.2 Å². The lowest BCUT2D eigenvalue weighted by molar-refractivity contribution is -0.211. The molecule has 0 amide bonds. The molecular formula is C30H42N5O8P. The molecule has 5 rings (SSSR count). The van der Waals surface area contributed by atoms with Gasteiger partial charge in [-0.05, 0) is 57.9 Å². The van der Waals surface area contributed by atoms with E-state index in [9.17, 15) is 9.36 Å². The van der Waals surface area contributed by atoms with Crippen LogP contribution in [0.2, 0.25) is 0 Å². The van der Waals surface area contributed by atoms with E-state index in [4.69, 9.17) is 33.7 Å². The predicted octanol–water partition coefficient (Wildman–Crippen LogP) is 4.61. The minimum atomic E-state index is -4.15. The number of para-hydroxylation sites is 1. The third-order valence-corrected chi connectivity index (χ3v) is 9.77. The lowest BCUT2D eigenvalue weighted by Crippen LogP contribution is -2.39. The number of carbonyl (C=O) groups is 1. The molecule has 1 aromatic carbocycles. The Morgan fingerprint density at radius 2 is 1.84 bits per heavy atom. The molecule has 2 aliphatic rings. The van der Waals surface area contributed by atoms with Crippen LogP contribution in [-0.4, -0.2) is 63.9 Å². The maximum atomic E-state index is 14.2. The molecular weight excluding hydrogens is 589 g/mol. The Kier molecular flexibility index (Phi) is 9.36. The zero-order chi connectivity index (χ0) is 31.7. The highest BCUT2D eigenvalue weighted by atomic mass is 31.2. The Bertz CT molecular complexity index is 1500. The maximum absolute atomic E-state index is 14.2. The second-order valence-electron chi connectivity index (χ2n) is 11.8. The summed E-state index contributed by atoms with van der Waals surface area (Å²) in [6.45, 7) is 11.2. The average molecular weight is 632 g/mol. The normalized spacial score (nSPS) is 26.4. The van der Waals surface area contributed by atoms with E-state index in [-0.39, 0.29) is 19.1 Å². The highest BCUT2D eigenvalue weighted by molar-refractivity contribution is 7.52. The first-order chi connectivity index (χ1) is 20.9. The quantitative estimate of drug-likeness (QED) is 0.200. The molecule has 0 radical (unpaired) electrons. The molecule has 2 fully saturated rings. The molecule has 3 N–H and O–H groups in total. The number of nitrogens with zero attached hydrogens (tertiary/aromatic N) is 3. The number of aromatic nitrogens is 3. The van der Waals surface area contributed by atoms with Gasteiger partial charge in [0.25, 0.3) is 0 Å². The minimum Gasteiger partial charge on any atom is -0.464 e. The molecule has 0 aliphatic carbocycles. The van der Waals surface area contributed by atoms with E-state index in [1.807, 2.05) is 46.8 Å². The van der Waals surface area contributed by atoms with Crippen molar-refractivity contribution < 1.29 is 37.4 Å². The van der Waals surface area contributed by atoms with Gasteiger partial charge in [0.1, 0.15) is 47.5 Å². The molecule has 13 nitrogen and oxygen atoms in total. The number of hydrogen-bond donors (Lipinski definition) is 2. The highest BCUT2D eigenvalue weighted by Gasteiger charge is 2.62. The standard InChI is InChI=1S/C30H42N5O8P/c1-7-20(8-2)16-38-28(36)19(3)34-44(37,43-21-12-10-9-11-13-21)39-17-23-25-26(42-29(4,5)41-25)30(6,40-23)24-15-14-22-27(31)32-18-33-35(22)24/h9-15,18-20,23,25-26H,7-8,16-17H2,1-6H3,(H,34,37)(H2,31,32,33)/t19-,23+,25+,26+,30-,44?/m0/s1. The highest BCUT2D eigenvalue weighted by Crippen LogP contribution is 2.51.